The number of piperidine rings is 1. The van der Waals surface area contributed by atoms with Crippen LogP contribution in [0.3, 0.4) is 0 Å². The van der Waals surface area contributed by atoms with Crippen LogP contribution in [0.15, 0.2) is 11.1 Å². The first-order valence-corrected chi connectivity index (χ1v) is 7.66. The van der Waals surface area contributed by atoms with E-state index in [0.717, 1.165) is 25.9 Å². The molecule has 0 bridgehead atoms. The number of hydrogen-bond donors (Lipinski definition) is 0. The molecule has 0 aromatic carbocycles. The van der Waals surface area contributed by atoms with Crippen LogP contribution in [-0.4, -0.2) is 48.4 Å². The number of rotatable bonds is 3. The van der Waals surface area contributed by atoms with Crippen molar-refractivity contribution in [2.24, 2.45) is 5.92 Å². The first-order valence-electron chi connectivity index (χ1n) is 7.66. The second-order valence-electron chi connectivity index (χ2n) is 5.82. The summed E-state index contributed by atoms with van der Waals surface area (Å²) in [6.45, 7) is 6.23. The van der Waals surface area contributed by atoms with Crippen molar-refractivity contribution in [2.75, 3.05) is 13.1 Å². The Morgan fingerprint density at radius 1 is 1.36 bits per heavy atom. The van der Waals surface area contributed by atoms with Gasteiger partial charge >= 0.3 is 0 Å². The lowest BCUT2D eigenvalue weighted by Gasteiger charge is -2.30. The second-order valence-corrected chi connectivity index (χ2v) is 5.82. The summed E-state index contributed by atoms with van der Waals surface area (Å²) in [7, 11) is 0. The van der Waals surface area contributed by atoms with E-state index in [9.17, 15) is 9.59 Å². The van der Waals surface area contributed by atoms with E-state index in [4.69, 9.17) is 0 Å². The molecule has 1 amide bonds. The number of fused-ring (bicyclic) bond motifs is 1. The van der Waals surface area contributed by atoms with Gasteiger partial charge in [-0.1, -0.05) is 12.1 Å². The summed E-state index contributed by atoms with van der Waals surface area (Å²) in [5.41, 5.74) is 0.357. The summed E-state index contributed by atoms with van der Waals surface area (Å²) in [4.78, 5) is 30.7. The average molecular weight is 304 g/mol. The molecular weight excluding hydrogens is 284 g/mol. The van der Waals surface area contributed by atoms with Crippen LogP contribution in [-0.2, 0) is 17.9 Å². The third-order valence-electron chi connectivity index (χ3n) is 4.23. The van der Waals surface area contributed by atoms with Crippen molar-refractivity contribution < 1.29 is 4.79 Å². The van der Waals surface area contributed by atoms with Crippen molar-refractivity contribution in [3.63, 3.8) is 0 Å². The molecule has 8 heteroatoms. The van der Waals surface area contributed by atoms with E-state index in [1.807, 2.05) is 11.8 Å². The van der Waals surface area contributed by atoms with Gasteiger partial charge in [0.05, 0.1) is 0 Å². The number of aromatic nitrogens is 5. The second kappa shape index (κ2) is 5.86. The first-order chi connectivity index (χ1) is 10.6. The maximum atomic E-state index is 12.4. The highest BCUT2D eigenvalue weighted by atomic mass is 16.2. The molecule has 2 aromatic heterocycles. The third kappa shape index (κ3) is 2.60. The predicted octanol–water partition coefficient (Wildman–Crippen LogP) is 0.266. The van der Waals surface area contributed by atoms with Crippen LogP contribution in [0, 0.1) is 5.92 Å². The Hall–Kier alpha value is -2.25. The minimum atomic E-state index is -0.316. The number of carbonyl (C=O) groups excluding carboxylic acids is 1. The summed E-state index contributed by atoms with van der Waals surface area (Å²) in [5, 5.41) is 7.76. The van der Waals surface area contributed by atoms with Gasteiger partial charge in [-0.05, 0) is 25.7 Å². The van der Waals surface area contributed by atoms with Gasteiger partial charge in [0.1, 0.15) is 12.9 Å². The fraction of sp³-hybridized carbons (Fsp3) is 0.643. The van der Waals surface area contributed by atoms with Gasteiger partial charge in [-0.15, -0.1) is 5.10 Å². The van der Waals surface area contributed by atoms with Crippen molar-refractivity contribution in [3.05, 3.63) is 16.7 Å². The maximum absolute atomic E-state index is 12.4. The van der Waals surface area contributed by atoms with Crippen LogP contribution < -0.4 is 5.56 Å². The lowest BCUT2D eigenvalue weighted by molar-refractivity contribution is -0.133. The number of amides is 1. The van der Waals surface area contributed by atoms with Crippen LogP contribution in [0.4, 0.5) is 0 Å². The minimum Gasteiger partial charge on any atom is -0.341 e. The number of hydrogen-bond acceptors (Lipinski definition) is 5. The molecule has 1 aliphatic heterocycles. The Morgan fingerprint density at radius 2 is 2.09 bits per heavy atom. The standard InChI is InChI=1S/C14H20N6O2/c1-3-20-13-12(16-17-20)14(22)19(9-15-13)8-11(21)18-6-4-10(2)5-7-18/h9-10H,3-8H2,1-2H3. The first kappa shape index (κ1) is 14.7. The zero-order valence-electron chi connectivity index (χ0n) is 12.9. The summed E-state index contributed by atoms with van der Waals surface area (Å²) in [6, 6.07) is 0. The molecule has 0 saturated carbocycles. The van der Waals surface area contributed by atoms with Gasteiger partial charge < -0.3 is 4.90 Å². The van der Waals surface area contributed by atoms with E-state index in [1.165, 1.54) is 10.9 Å². The van der Waals surface area contributed by atoms with Crippen molar-refractivity contribution in [1.29, 1.82) is 0 Å². The largest absolute Gasteiger partial charge is 0.341 e. The SMILES string of the molecule is CCn1nnc2c(=O)n(CC(=O)N3CCC(C)CC3)cnc21. The van der Waals surface area contributed by atoms with E-state index < -0.39 is 0 Å². The van der Waals surface area contributed by atoms with Crippen molar-refractivity contribution in [1.82, 2.24) is 29.4 Å². The van der Waals surface area contributed by atoms with Crippen molar-refractivity contribution >= 4 is 17.1 Å². The molecule has 3 heterocycles. The van der Waals surface area contributed by atoms with E-state index in [0.29, 0.717) is 18.1 Å². The smallest absolute Gasteiger partial charge is 0.283 e. The molecule has 0 N–H and O–H groups in total. The number of aryl methyl sites for hydroxylation is 1. The number of nitrogens with zero attached hydrogens (tertiary/aromatic N) is 6. The van der Waals surface area contributed by atoms with Crippen LogP contribution in [0.25, 0.3) is 11.2 Å². The summed E-state index contributed by atoms with van der Waals surface area (Å²) in [5.74, 6) is 0.618. The molecule has 1 saturated heterocycles. The van der Waals surface area contributed by atoms with Crippen LogP contribution in [0.2, 0.25) is 0 Å². The lowest BCUT2D eigenvalue weighted by Crippen LogP contribution is -2.41. The quantitative estimate of drug-likeness (QED) is 0.812. The Bertz CT molecular complexity index is 741. The van der Waals surface area contributed by atoms with Gasteiger partial charge in [-0.2, -0.15) is 0 Å². The normalized spacial score (nSPS) is 16.4. The molecule has 118 valence electrons. The average Bonchev–Trinajstić information content (AvgIpc) is 2.94. The summed E-state index contributed by atoms with van der Waals surface area (Å²) < 4.78 is 2.88. The van der Waals surface area contributed by atoms with Gasteiger partial charge in [0, 0.05) is 19.6 Å². The van der Waals surface area contributed by atoms with E-state index in [-0.39, 0.29) is 23.5 Å². The number of likely N-dealkylation sites (tertiary alicyclic amines) is 1. The Balaban J connectivity index is 1.80. The maximum Gasteiger partial charge on any atom is 0.283 e. The van der Waals surface area contributed by atoms with Crippen molar-refractivity contribution in [2.45, 2.75) is 39.8 Å². The molecule has 22 heavy (non-hydrogen) atoms. The fourth-order valence-electron chi connectivity index (χ4n) is 2.72. The van der Waals surface area contributed by atoms with Gasteiger partial charge in [0.15, 0.2) is 11.2 Å². The summed E-state index contributed by atoms with van der Waals surface area (Å²) in [6.07, 6.45) is 3.44. The molecule has 2 aromatic rings. The van der Waals surface area contributed by atoms with Gasteiger partial charge in [-0.3, -0.25) is 14.2 Å². The predicted molar refractivity (Wildman–Crippen MR) is 80.2 cm³/mol. The molecule has 0 atom stereocenters. The molecule has 0 radical (unpaired) electrons. The van der Waals surface area contributed by atoms with Crippen LogP contribution >= 0.6 is 0 Å². The Kier molecular flexibility index (Phi) is 3.91. The molecule has 8 nitrogen and oxygen atoms in total. The van der Waals surface area contributed by atoms with Gasteiger partial charge in [0.25, 0.3) is 5.56 Å². The minimum absolute atomic E-state index is 0.00907. The monoisotopic (exact) mass is 304 g/mol. The van der Waals surface area contributed by atoms with Crippen LogP contribution in [0.5, 0.6) is 0 Å². The summed E-state index contributed by atoms with van der Waals surface area (Å²) >= 11 is 0. The van der Waals surface area contributed by atoms with E-state index in [1.54, 1.807) is 4.68 Å². The van der Waals surface area contributed by atoms with Crippen molar-refractivity contribution in [3.8, 4) is 0 Å². The fourth-order valence-corrected chi connectivity index (χ4v) is 2.72. The molecule has 1 fully saturated rings. The van der Waals surface area contributed by atoms with Gasteiger partial charge in [0.2, 0.25) is 5.91 Å². The molecule has 1 aliphatic rings. The van der Waals surface area contributed by atoms with E-state index in [2.05, 4.69) is 22.2 Å². The topological polar surface area (TPSA) is 85.9 Å². The van der Waals surface area contributed by atoms with Gasteiger partial charge in [-0.25, -0.2) is 9.67 Å². The Morgan fingerprint density at radius 3 is 2.77 bits per heavy atom. The van der Waals surface area contributed by atoms with Crippen LogP contribution in [0.1, 0.15) is 26.7 Å². The molecule has 3 rings (SSSR count). The highest BCUT2D eigenvalue weighted by Crippen LogP contribution is 2.16. The number of carbonyl (C=O) groups is 1. The zero-order chi connectivity index (χ0) is 15.7. The lowest BCUT2D eigenvalue weighted by atomic mass is 9.99. The molecule has 0 unspecified atom stereocenters. The third-order valence-corrected chi connectivity index (χ3v) is 4.23. The Labute approximate surface area is 127 Å². The zero-order valence-corrected chi connectivity index (χ0v) is 12.9. The van der Waals surface area contributed by atoms with E-state index >= 15 is 0 Å². The highest BCUT2D eigenvalue weighted by molar-refractivity contribution is 5.76. The molecule has 0 aliphatic carbocycles. The molecular formula is C14H20N6O2. The molecule has 0 spiro atoms. The highest BCUT2D eigenvalue weighted by Gasteiger charge is 2.21.